The molecule has 1 atom stereocenters. The molecule has 0 aromatic heterocycles. The van der Waals surface area contributed by atoms with Gasteiger partial charge in [0.1, 0.15) is 0 Å². The Morgan fingerprint density at radius 1 is 1.36 bits per heavy atom. The molecular weight excluding hydrogens is 136 g/mol. The fourth-order valence-corrected chi connectivity index (χ4v) is 0.945. The molecule has 1 nitrogen and oxygen atoms in total. The van der Waals surface area contributed by atoms with Crippen molar-refractivity contribution in [2.24, 2.45) is 11.8 Å². The molecule has 66 valence electrons. The fraction of sp³-hybridized carbons (Fsp3) is 0.800. The first-order valence-corrected chi connectivity index (χ1v) is 4.32. The van der Waals surface area contributed by atoms with Crippen molar-refractivity contribution in [3.63, 3.8) is 0 Å². The predicted octanol–water partition coefficient (Wildman–Crippen LogP) is 2.61. The van der Waals surface area contributed by atoms with E-state index in [0.29, 0.717) is 18.4 Å². The maximum absolute atomic E-state index is 8.98. The third-order valence-electron chi connectivity index (χ3n) is 2.01. The van der Waals surface area contributed by atoms with Gasteiger partial charge in [0.05, 0.1) is 0 Å². The highest BCUT2D eigenvalue weighted by Gasteiger charge is 2.09. The summed E-state index contributed by atoms with van der Waals surface area (Å²) in [5, 5.41) is 8.98. The highest BCUT2D eigenvalue weighted by Crippen LogP contribution is 2.15. The highest BCUT2D eigenvalue weighted by molar-refractivity contribution is 4.94. The Labute approximate surface area is 70.1 Å². The average molecular weight is 156 g/mol. The topological polar surface area (TPSA) is 20.2 Å². The molecule has 0 saturated heterocycles. The van der Waals surface area contributed by atoms with Gasteiger partial charge >= 0.3 is 0 Å². The van der Waals surface area contributed by atoms with Crippen LogP contribution in [0.25, 0.3) is 0 Å². The molecule has 0 amide bonds. The van der Waals surface area contributed by atoms with Crippen LogP contribution in [-0.2, 0) is 0 Å². The van der Waals surface area contributed by atoms with Gasteiger partial charge in [0, 0.05) is 6.61 Å². The molecule has 0 bridgehead atoms. The largest absolute Gasteiger partial charge is 0.396 e. The van der Waals surface area contributed by atoms with Crippen molar-refractivity contribution in [1.82, 2.24) is 0 Å². The standard InChI is InChI=1S/C10H20O/c1-8(2)5-6-10(7-11)9(3)4/h5,9-11H,6-7H2,1-4H3/t10-/m0/s1. The lowest BCUT2D eigenvalue weighted by Gasteiger charge is -2.15. The van der Waals surface area contributed by atoms with E-state index in [0.717, 1.165) is 6.42 Å². The zero-order chi connectivity index (χ0) is 8.85. The first kappa shape index (κ1) is 10.7. The van der Waals surface area contributed by atoms with Gasteiger partial charge in [-0.3, -0.25) is 0 Å². The lowest BCUT2D eigenvalue weighted by Crippen LogP contribution is -2.12. The van der Waals surface area contributed by atoms with Gasteiger partial charge in [-0.2, -0.15) is 0 Å². The van der Waals surface area contributed by atoms with Crippen molar-refractivity contribution in [3.05, 3.63) is 11.6 Å². The molecule has 0 aromatic carbocycles. The Hall–Kier alpha value is -0.300. The molecule has 0 radical (unpaired) electrons. The van der Waals surface area contributed by atoms with Crippen LogP contribution in [-0.4, -0.2) is 11.7 Å². The van der Waals surface area contributed by atoms with Crippen LogP contribution < -0.4 is 0 Å². The van der Waals surface area contributed by atoms with Gasteiger partial charge < -0.3 is 5.11 Å². The number of hydrogen-bond donors (Lipinski definition) is 1. The van der Waals surface area contributed by atoms with Gasteiger partial charge in [-0.25, -0.2) is 0 Å². The Morgan fingerprint density at radius 3 is 2.18 bits per heavy atom. The lowest BCUT2D eigenvalue weighted by atomic mass is 9.93. The number of aliphatic hydroxyl groups is 1. The summed E-state index contributed by atoms with van der Waals surface area (Å²) in [6, 6.07) is 0. The second-order valence-corrected chi connectivity index (χ2v) is 3.70. The van der Waals surface area contributed by atoms with E-state index >= 15 is 0 Å². The van der Waals surface area contributed by atoms with Crippen LogP contribution in [0, 0.1) is 11.8 Å². The van der Waals surface area contributed by atoms with Gasteiger partial charge in [0.2, 0.25) is 0 Å². The second-order valence-electron chi connectivity index (χ2n) is 3.70. The van der Waals surface area contributed by atoms with E-state index in [4.69, 9.17) is 5.11 Å². The maximum Gasteiger partial charge on any atom is 0.0464 e. The normalized spacial score (nSPS) is 13.3. The van der Waals surface area contributed by atoms with E-state index in [2.05, 4.69) is 33.8 Å². The highest BCUT2D eigenvalue weighted by atomic mass is 16.3. The Balaban J connectivity index is 3.79. The SMILES string of the molecule is CC(C)=CC[C@@H](CO)C(C)C. The summed E-state index contributed by atoms with van der Waals surface area (Å²) in [4.78, 5) is 0. The van der Waals surface area contributed by atoms with Crippen LogP contribution in [0.2, 0.25) is 0 Å². The number of allylic oxidation sites excluding steroid dienone is 2. The molecular formula is C10H20O. The molecule has 11 heavy (non-hydrogen) atoms. The molecule has 0 heterocycles. The summed E-state index contributed by atoms with van der Waals surface area (Å²) >= 11 is 0. The third kappa shape index (κ3) is 5.02. The van der Waals surface area contributed by atoms with E-state index in [9.17, 15) is 0 Å². The number of hydrogen-bond acceptors (Lipinski definition) is 1. The van der Waals surface area contributed by atoms with Crippen molar-refractivity contribution in [2.75, 3.05) is 6.61 Å². The van der Waals surface area contributed by atoms with Crippen LogP contribution >= 0.6 is 0 Å². The second kappa shape index (κ2) is 5.36. The molecule has 1 heteroatoms. The first-order chi connectivity index (χ1) is 5.07. The summed E-state index contributed by atoms with van der Waals surface area (Å²) < 4.78 is 0. The minimum atomic E-state index is 0.307. The minimum absolute atomic E-state index is 0.307. The molecule has 0 aliphatic heterocycles. The van der Waals surface area contributed by atoms with Crippen molar-refractivity contribution in [3.8, 4) is 0 Å². The first-order valence-electron chi connectivity index (χ1n) is 4.32. The zero-order valence-electron chi connectivity index (χ0n) is 8.09. The minimum Gasteiger partial charge on any atom is -0.396 e. The summed E-state index contributed by atoms with van der Waals surface area (Å²) in [5.41, 5.74) is 1.34. The number of rotatable bonds is 4. The molecule has 0 fully saturated rings. The van der Waals surface area contributed by atoms with E-state index in [1.54, 1.807) is 0 Å². The van der Waals surface area contributed by atoms with Crippen molar-refractivity contribution in [2.45, 2.75) is 34.1 Å². The molecule has 0 saturated carbocycles. The van der Waals surface area contributed by atoms with Gasteiger partial charge in [-0.05, 0) is 32.1 Å². The molecule has 0 unspecified atom stereocenters. The maximum atomic E-state index is 8.98. The van der Waals surface area contributed by atoms with Gasteiger partial charge in [0.25, 0.3) is 0 Å². The van der Waals surface area contributed by atoms with Gasteiger partial charge in [-0.15, -0.1) is 0 Å². The quantitative estimate of drug-likeness (QED) is 0.620. The molecule has 0 rings (SSSR count). The Morgan fingerprint density at radius 2 is 1.91 bits per heavy atom. The van der Waals surface area contributed by atoms with Crippen LogP contribution in [0.15, 0.2) is 11.6 Å². The molecule has 0 aliphatic rings. The van der Waals surface area contributed by atoms with Crippen molar-refractivity contribution < 1.29 is 5.11 Å². The summed E-state index contributed by atoms with van der Waals surface area (Å²) in [6.07, 6.45) is 3.21. The molecule has 0 spiro atoms. The molecule has 0 aromatic rings. The third-order valence-corrected chi connectivity index (χ3v) is 2.01. The molecule has 1 N–H and O–H groups in total. The van der Waals surface area contributed by atoms with E-state index < -0.39 is 0 Å². The van der Waals surface area contributed by atoms with E-state index in [1.807, 2.05) is 0 Å². The van der Waals surface area contributed by atoms with Crippen LogP contribution in [0.4, 0.5) is 0 Å². The van der Waals surface area contributed by atoms with Crippen LogP contribution in [0.1, 0.15) is 34.1 Å². The van der Waals surface area contributed by atoms with Gasteiger partial charge in [0.15, 0.2) is 0 Å². The predicted molar refractivity (Wildman–Crippen MR) is 49.5 cm³/mol. The van der Waals surface area contributed by atoms with E-state index in [-0.39, 0.29) is 0 Å². The van der Waals surface area contributed by atoms with Crippen LogP contribution in [0.5, 0.6) is 0 Å². The monoisotopic (exact) mass is 156 g/mol. The number of aliphatic hydroxyl groups excluding tert-OH is 1. The van der Waals surface area contributed by atoms with E-state index in [1.165, 1.54) is 5.57 Å². The van der Waals surface area contributed by atoms with Crippen molar-refractivity contribution >= 4 is 0 Å². The summed E-state index contributed by atoms with van der Waals surface area (Å²) in [7, 11) is 0. The van der Waals surface area contributed by atoms with Gasteiger partial charge in [-0.1, -0.05) is 25.5 Å². The Kier molecular flexibility index (Phi) is 5.22. The average Bonchev–Trinajstić information content (AvgIpc) is 1.87. The van der Waals surface area contributed by atoms with Crippen LogP contribution in [0.3, 0.4) is 0 Å². The molecule has 0 aliphatic carbocycles. The van der Waals surface area contributed by atoms with Crippen molar-refractivity contribution in [1.29, 1.82) is 0 Å². The summed E-state index contributed by atoms with van der Waals surface area (Å²) in [6.45, 7) is 8.80. The zero-order valence-corrected chi connectivity index (χ0v) is 8.09. The lowest BCUT2D eigenvalue weighted by molar-refractivity contribution is 0.191. The smallest absolute Gasteiger partial charge is 0.0464 e. The fourth-order valence-electron chi connectivity index (χ4n) is 0.945. The summed E-state index contributed by atoms with van der Waals surface area (Å²) in [5.74, 6) is 1.01. The Bertz CT molecular complexity index is 121.